The minimum atomic E-state index is -0.283. The number of rotatable bonds is 10. The SMILES string of the molecule is CCCCN(CC)C(=O)CCc1ccc(-c2ccc(F)cc2)n1-c1ccc(NC(C)=O)cc1. The Bertz CT molecular complexity index is 1070. The lowest BCUT2D eigenvalue weighted by atomic mass is 10.1. The molecule has 2 amide bonds. The summed E-state index contributed by atoms with van der Waals surface area (Å²) in [6.45, 7) is 7.12. The predicted molar refractivity (Wildman–Crippen MR) is 131 cm³/mol. The van der Waals surface area contributed by atoms with E-state index in [1.54, 1.807) is 12.1 Å². The van der Waals surface area contributed by atoms with Gasteiger partial charge in [-0.2, -0.15) is 0 Å². The molecule has 5 nitrogen and oxygen atoms in total. The van der Waals surface area contributed by atoms with Gasteiger partial charge in [0, 0.05) is 43.5 Å². The van der Waals surface area contributed by atoms with Gasteiger partial charge in [-0.15, -0.1) is 0 Å². The fourth-order valence-corrected chi connectivity index (χ4v) is 3.92. The maximum absolute atomic E-state index is 13.5. The molecule has 0 saturated heterocycles. The molecule has 0 aliphatic carbocycles. The first kappa shape index (κ1) is 24.2. The number of hydrogen-bond donors (Lipinski definition) is 1. The van der Waals surface area contributed by atoms with E-state index in [1.807, 2.05) is 48.2 Å². The molecule has 0 unspecified atom stereocenters. The van der Waals surface area contributed by atoms with Gasteiger partial charge in [-0.05, 0) is 86.0 Å². The normalized spacial score (nSPS) is 10.8. The highest BCUT2D eigenvalue weighted by Crippen LogP contribution is 2.28. The van der Waals surface area contributed by atoms with E-state index in [9.17, 15) is 14.0 Å². The van der Waals surface area contributed by atoms with Crippen molar-refractivity contribution in [1.82, 2.24) is 9.47 Å². The van der Waals surface area contributed by atoms with Gasteiger partial charge in [-0.1, -0.05) is 13.3 Å². The summed E-state index contributed by atoms with van der Waals surface area (Å²) in [7, 11) is 0. The van der Waals surface area contributed by atoms with Crippen molar-refractivity contribution in [3.63, 3.8) is 0 Å². The van der Waals surface area contributed by atoms with E-state index in [2.05, 4.69) is 16.8 Å². The zero-order valence-electron chi connectivity index (χ0n) is 19.6. The molecule has 1 heterocycles. The number of nitrogens with one attached hydrogen (secondary N) is 1. The number of aromatic nitrogens is 1. The second-order valence-electron chi connectivity index (χ2n) is 8.11. The van der Waals surface area contributed by atoms with Crippen molar-refractivity contribution >= 4 is 17.5 Å². The number of halogens is 1. The Kier molecular flexibility index (Phi) is 8.41. The van der Waals surface area contributed by atoms with Crippen LogP contribution in [-0.4, -0.2) is 34.4 Å². The van der Waals surface area contributed by atoms with Gasteiger partial charge in [-0.3, -0.25) is 9.59 Å². The van der Waals surface area contributed by atoms with Crippen molar-refractivity contribution in [1.29, 1.82) is 0 Å². The summed E-state index contributed by atoms with van der Waals surface area (Å²) in [4.78, 5) is 26.1. The smallest absolute Gasteiger partial charge is 0.222 e. The Morgan fingerprint density at radius 1 is 0.970 bits per heavy atom. The van der Waals surface area contributed by atoms with Crippen LogP contribution >= 0.6 is 0 Å². The number of aryl methyl sites for hydroxylation is 1. The summed E-state index contributed by atoms with van der Waals surface area (Å²) in [6.07, 6.45) is 3.08. The van der Waals surface area contributed by atoms with Gasteiger partial charge in [-0.25, -0.2) is 4.39 Å². The van der Waals surface area contributed by atoms with Gasteiger partial charge in [0.2, 0.25) is 11.8 Å². The minimum Gasteiger partial charge on any atom is -0.343 e. The lowest BCUT2D eigenvalue weighted by Crippen LogP contribution is -2.32. The standard InChI is InChI=1S/C27H32FN3O2/c1-4-6-19-30(5-2)27(33)18-16-25-15-17-26(21-7-9-22(28)10-8-21)31(25)24-13-11-23(12-14-24)29-20(3)32/h7-15,17H,4-6,16,18-19H2,1-3H3,(H,29,32). The van der Waals surface area contributed by atoms with Gasteiger partial charge < -0.3 is 14.8 Å². The molecule has 0 aliphatic heterocycles. The number of amides is 2. The lowest BCUT2D eigenvalue weighted by molar-refractivity contribution is -0.131. The summed E-state index contributed by atoms with van der Waals surface area (Å²) >= 11 is 0. The van der Waals surface area contributed by atoms with Crippen LogP contribution in [0.3, 0.4) is 0 Å². The average Bonchev–Trinajstić information content (AvgIpc) is 3.22. The van der Waals surface area contributed by atoms with Crippen LogP contribution in [0.5, 0.6) is 0 Å². The fourth-order valence-electron chi connectivity index (χ4n) is 3.92. The summed E-state index contributed by atoms with van der Waals surface area (Å²) in [5.74, 6) is -0.254. The van der Waals surface area contributed by atoms with Gasteiger partial charge in [0.25, 0.3) is 0 Å². The topological polar surface area (TPSA) is 54.3 Å². The molecule has 0 bridgehead atoms. The highest BCUT2D eigenvalue weighted by Gasteiger charge is 2.16. The fraction of sp³-hybridized carbons (Fsp3) is 0.333. The second kappa shape index (κ2) is 11.5. The zero-order valence-corrected chi connectivity index (χ0v) is 19.6. The molecule has 0 spiro atoms. The first-order valence-corrected chi connectivity index (χ1v) is 11.5. The van der Waals surface area contributed by atoms with Crippen molar-refractivity contribution < 1.29 is 14.0 Å². The van der Waals surface area contributed by atoms with Crippen molar-refractivity contribution in [3.05, 3.63) is 72.2 Å². The highest BCUT2D eigenvalue weighted by atomic mass is 19.1. The van der Waals surface area contributed by atoms with Crippen LogP contribution in [0, 0.1) is 5.82 Å². The molecule has 2 aromatic carbocycles. The highest BCUT2D eigenvalue weighted by molar-refractivity contribution is 5.88. The molecule has 1 aromatic heterocycles. The number of anilines is 1. The quantitative estimate of drug-likeness (QED) is 0.424. The number of unbranched alkanes of at least 4 members (excludes halogenated alkanes) is 1. The first-order chi connectivity index (χ1) is 15.9. The third-order valence-corrected chi connectivity index (χ3v) is 5.66. The molecule has 0 atom stereocenters. The average molecular weight is 450 g/mol. The second-order valence-corrected chi connectivity index (χ2v) is 8.11. The van der Waals surface area contributed by atoms with Crippen LogP contribution in [0.2, 0.25) is 0 Å². The van der Waals surface area contributed by atoms with Crippen molar-refractivity contribution in [3.8, 4) is 16.9 Å². The molecule has 3 aromatic rings. The molecule has 1 N–H and O–H groups in total. The zero-order chi connectivity index (χ0) is 23.8. The van der Waals surface area contributed by atoms with Crippen molar-refractivity contribution in [2.75, 3.05) is 18.4 Å². The van der Waals surface area contributed by atoms with Crippen LogP contribution in [0.4, 0.5) is 10.1 Å². The number of nitrogens with zero attached hydrogens (tertiary/aromatic N) is 2. The molecule has 0 saturated carbocycles. The molecule has 0 fully saturated rings. The molecule has 3 rings (SSSR count). The Morgan fingerprint density at radius 3 is 2.27 bits per heavy atom. The summed E-state index contributed by atoms with van der Waals surface area (Å²) in [5.41, 5.74) is 4.43. The van der Waals surface area contributed by atoms with Crippen LogP contribution in [0.25, 0.3) is 16.9 Å². The third kappa shape index (κ3) is 6.31. The third-order valence-electron chi connectivity index (χ3n) is 5.66. The number of carbonyl (C=O) groups is 2. The molecule has 0 aliphatic rings. The Morgan fingerprint density at radius 2 is 1.67 bits per heavy atom. The predicted octanol–water partition coefficient (Wildman–Crippen LogP) is 5.82. The summed E-state index contributed by atoms with van der Waals surface area (Å²) < 4.78 is 15.6. The van der Waals surface area contributed by atoms with Crippen LogP contribution in [0.15, 0.2) is 60.7 Å². The number of benzene rings is 2. The van der Waals surface area contributed by atoms with Crippen molar-refractivity contribution in [2.24, 2.45) is 0 Å². The van der Waals surface area contributed by atoms with Crippen LogP contribution in [-0.2, 0) is 16.0 Å². The molecule has 33 heavy (non-hydrogen) atoms. The molecular formula is C27H32FN3O2. The number of carbonyl (C=O) groups excluding carboxylic acids is 2. The maximum atomic E-state index is 13.5. The van der Waals surface area contributed by atoms with Gasteiger partial charge >= 0.3 is 0 Å². The number of hydrogen-bond acceptors (Lipinski definition) is 2. The molecular weight excluding hydrogens is 417 g/mol. The van der Waals surface area contributed by atoms with E-state index in [0.29, 0.717) is 25.1 Å². The van der Waals surface area contributed by atoms with E-state index in [4.69, 9.17) is 0 Å². The van der Waals surface area contributed by atoms with E-state index in [0.717, 1.165) is 42.0 Å². The maximum Gasteiger partial charge on any atom is 0.222 e. The molecule has 6 heteroatoms. The Hall–Kier alpha value is -3.41. The Balaban J connectivity index is 1.91. The monoisotopic (exact) mass is 449 g/mol. The summed E-state index contributed by atoms with van der Waals surface area (Å²) in [5, 5.41) is 2.78. The van der Waals surface area contributed by atoms with Crippen LogP contribution < -0.4 is 5.32 Å². The van der Waals surface area contributed by atoms with E-state index >= 15 is 0 Å². The first-order valence-electron chi connectivity index (χ1n) is 11.5. The molecule has 0 radical (unpaired) electrons. The molecule has 174 valence electrons. The van der Waals surface area contributed by atoms with Crippen LogP contribution in [0.1, 0.15) is 45.7 Å². The van der Waals surface area contributed by atoms with Gasteiger partial charge in [0.05, 0.1) is 5.69 Å². The minimum absolute atomic E-state index is 0.126. The lowest BCUT2D eigenvalue weighted by Gasteiger charge is -2.21. The van der Waals surface area contributed by atoms with Gasteiger partial charge in [0.15, 0.2) is 0 Å². The van der Waals surface area contributed by atoms with Crippen molar-refractivity contribution in [2.45, 2.75) is 46.5 Å². The largest absolute Gasteiger partial charge is 0.343 e. The summed E-state index contributed by atoms with van der Waals surface area (Å²) in [6, 6.07) is 18.0. The van der Waals surface area contributed by atoms with E-state index in [-0.39, 0.29) is 17.6 Å². The van der Waals surface area contributed by atoms with Gasteiger partial charge in [0.1, 0.15) is 5.82 Å². The van der Waals surface area contributed by atoms with E-state index < -0.39 is 0 Å². The Labute approximate surface area is 195 Å². The van der Waals surface area contributed by atoms with E-state index in [1.165, 1.54) is 19.1 Å².